The first-order valence-electron chi connectivity index (χ1n) is 7.91. The molecule has 8 heteroatoms. The Bertz CT molecular complexity index is 850. The monoisotopic (exact) mass is 355 g/mol. The zero-order valence-corrected chi connectivity index (χ0v) is 13.8. The van der Waals surface area contributed by atoms with Crippen molar-refractivity contribution in [1.82, 2.24) is 10.7 Å². The van der Waals surface area contributed by atoms with Crippen LogP contribution in [0, 0.1) is 0 Å². The Balaban J connectivity index is 1.50. The lowest BCUT2D eigenvalue weighted by molar-refractivity contribution is -0.120. The van der Waals surface area contributed by atoms with E-state index in [-0.39, 0.29) is 12.3 Å². The van der Waals surface area contributed by atoms with Crippen molar-refractivity contribution in [3.63, 3.8) is 0 Å². The number of para-hydroxylation sites is 1. The molecule has 8 nitrogen and oxygen atoms in total. The Morgan fingerprint density at radius 1 is 1.12 bits per heavy atom. The lowest BCUT2D eigenvalue weighted by Gasteiger charge is -2.18. The van der Waals surface area contributed by atoms with Gasteiger partial charge in [0.05, 0.1) is 12.8 Å². The van der Waals surface area contributed by atoms with Gasteiger partial charge in [-0.3, -0.25) is 9.59 Å². The van der Waals surface area contributed by atoms with E-state index in [0.717, 1.165) is 0 Å². The average molecular weight is 355 g/mol. The number of amides is 2. The molecular weight excluding hydrogens is 338 g/mol. The molecule has 0 saturated carbocycles. The number of nitrogens with zero attached hydrogens (tertiary/aromatic N) is 1. The van der Waals surface area contributed by atoms with E-state index in [1.807, 2.05) is 0 Å². The fourth-order valence-electron chi connectivity index (χ4n) is 2.26. The minimum Gasteiger partial charge on any atom is -0.507 e. The van der Waals surface area contributed by atoms with Crippen LogP contribution in [0.4, 0.5) is 0 Å². The molecule has 1 aliphatic heterocycles. The van der Waals surface area contributed by atoms with Gasteiger partial charge < -0.3 is 19.9 Å². The van der Waals surface area contributed by atoms with E-state index >= 15 is 0 Å². The number of carbonyl (C=O) groups excluding carboxylic acids is 2. The topological polar surface area (TPSA) is 109 Å². The summed E-state index contributed by atoms with van der Waals surface area (Å²) in [6.45, 7) is 0.654. The summed E-state index contributed by atoms with van der Waals surface area (Å²) in [4.78, 5) is 23.9. The average Bonchev–Trinajstić information content (AvgIpc) is 2.67. The summed E-state index contributed by atoms with van der Waals surface area (Å²) < 4.78 is 10.8. The quantitative estimate of drug-likeness (QED) is 0.548. The molecule has 0 spiro atoms. The maximum atomic E-state index is 12.1. The Morgan fingerprint density at radius 3 is 2.69 bits per heavy atom. The van der Waals surface area contributed by atoms with Gasteiger partial charge in [-0.05, 0) is 30.3 Å². The SMILES string of the molecule is O=C(CNC(=O)c1ccc2c(c1)OCCO2)N/N=C\c1ccccc1O. The summed E-state index contributed by atoms with van der Waals surface area (Å²) in [5, 5.41) is 15.8. The number of phenols is 1. The van der Waals surface area contributed by atoms with E-state index in [0.29, 0.717) is 35.8 Å². The highest BCUT2D eigenvalue weighted by Gasteiger charge is 2.15. The molecule has 0 atom stereocenters. The zero-order chi connectivity index (χ0) is 18.4. The molecule has 0 bridgehead atoms. The van der Waals surface area contributed by atoms with Crippen LogP contribution in [0.25, 0.3) is 0 Å². The van der Waals surface area contributed by atoms with Crippen molar-refractivity contribution in [2.45, 2.75) is 0 Å². The highest BCUT2D eigenvalue weighted by atomic mass is 16.6. The second-order valence-electron chi connectivity index (χ2n) is 5.39. The molecule has 2 aromatic carbocycles. The van der Waals surface area contributed by atoms with E-state index in [1.165, 1.54) is 12.3 Å². The molecule has 0 unspecified atom stereocenters. The number of phenolic OH excluding ortho intramolecular Hbond substituents is 1. The van der Waals surface area contributed by atoms with Gasteiger partial charge in [0.2, 0.25) is 0 Å². The number of fused-ring (bicyclic) bond motifs is 1. The number of carbonyl (C=O) groups is 2. The van der Waals surface area contributed by atoms with Gasteiger partial charge in [-0.2, -0.15) is 5.10 Å². The smallest absolute Gasteiger partial charge is 0.259 e. The van der Waals surface area contributed by atoms with Crippen LogP contribution in [0.1, 0.15) is 15.9 Å². The molecule has 3 rings (SSSR count). The van der Waals surface area contributed by atoms with Crippen LogP contribution >= 0.6 is 0 Å². The summed E-state index contributed by atoms with van der Waals surface area (Å²) in [6.07, 6.45) is 1.32. The van der Waals surface area contributed by atoms with E-state index in [4.69, 9.17) is 9.47 Å². The Morgan fingerprint density at radius 2 is 1.88 bits per heavy atom. The van der Waals surface area contributed by atoms with Crippen molar-refractivity contribution < 1.29 is 24.2 Å². The van der Waals surface area contributed by atoms with Gasteiger partial charge in [0, 0.05) is 11.1 Å². The van der Waals surface area contributed by atoms with E-state index < -0.39 is 11.8 Å². The lowest BCUT2D eigenvalue weighted by Crippen LogP contribution is -2.35. The first kappa shape index (κ1) is 17.3. The third-order valence-corrected chi connectivity index (χ3v) is 3.54. The fraction of sp³-hybridized carbons (Fsp3) is 0.167. The second kappa shape index (κ2) is 8.02. The highest BCUT2D eigenvalue weighted by molar-refractivity contribution is 5.97. The molecule has 0 radical (unpaired) electrons. The fourth-order valence-corrected chi connectivity index (χ4v) is 2.26. The maximum absolute atomic E-state index is 12.1. The number of nitrogens with one attached hydrogen (secondary N) is 2. The number of ether oxygens (including phenoxy) is 2. The lowest BCUT2D eigenvalue weighted by atomic mass is 10.2. The number of rotatable bonds is 5. The molecule has 0 fully saturated rings. The number of hydrazone groups is 1. The van der Waals surface area contributed by atoms with Crippen LogP contribution in [0.3, 0.4) is 0 Å². The zero-order valence-electron chi connectivity index (χ0n) is 13.8. The van der Waals surface area contributed by atoms with Crippen molar-refractivity contribution in [2.24, 2.45) is 5.10 Å². The van der Waals surface area contributed by atoms with Crippen molar-refractivity contribution in [3.8, 4) is 17.2 Å². The Labute approximate surface area is 149 Å². The molecule has 0 saturated heterocycles. The van der Waals surface area contributed by atoms with Crippen molar-refractivity contribution in [1.29, 1.82) is 0 Å². The van der Waals surface area contributed by atoms with Gasteiger partial charge in [-0.15, -0.1) is 0 Å². The van der Waals surface area contributed by atoms with Crippen LogP contribution < -0.4 is 20.2 Å². The highest BCUT2D eigenvalue weighted by Crippen LogP contribution is 2.30. The van der Waals surface area contributed by atoms with E-state index in [1.54, 1.807) is 36.4 Å². The van der Waals surface area contributed by atoms with Crippen molar-refractivity contribution in [2.75, 3.05) is 19.8 Å². The van der Waals surface area contributed by atoms with Crippen molar-refractivity contribution >= 4 is 18.0 Å². The third kappa shape index (κ3) is 4.29. The number of hydrogen-bond donors (Lipinski definition) is 3. The Hall–Kier alpha value is -3.55. The van der Waals surface area contributed by atoms with Gasteiger partial charge >= 0.3 is 0 Å². The standard InChI is InChI=1S/C18H17N3O5/c22-14-4-2-1-3-13(14)10-20-21-17(23)11-19-18(24)12-5-6-15-16(9-12)26-8-7-25-15/h1-6,9-10,22H,7-8,11H2,(H,19,24)(H,21,23)/b20-10-. The minimum atomic E-state index is -0.498. The number of aromatic hydroxyl groups is 1. The molecule has 1 aliphatic rings. The maximum Gasteiger partial charge on any atom is 0.259 e. The molecule has 3 N–H and O–H groups in total. The van der Waals surface area contributed by atoms with Gasteiger partial charge in [0.1, 0.15) is 19.0 Å². The second-order valence-corrected chi connectivity index (χ2v) is 5.39. The van der Waals surface area contributed by atoms with Crippen LogP contribution in [0.2, 0.25) is 0 Å². The number of hydrogen-bond acceptors (Lipinski definition) is 6. The van der Waals surface area contributed by atoms with Crippen LogP contribution in [-0.2, 0) is 4.79 Å². The predicted molar refractivity (Wildman–Crippen MR) is 93.6 cm³/mol. The predicted octanol–water partition coefficient (Wildman–Crippen LogP) is 1.04. The largest absolute Gasteiger partial charge is 0.507 e. The molecule has 134 valence electrons. The molecule has 26 heavy (non-hydrogen) atoms. The van der Waals surface area contributed by atoms with Gasteiger partial charge in [0.25, 0.3) is 11.8 Å². The van der Waals surface area contributed by atoms with Crippen molar-refractivity contribution in [3.05, 3.63) is 53.6 Å². The number of benzene rings is 2. The summed E-state index contributed by atoms with van der Waals surface area (Å²) in [6, 6.07) is 11.4. The molecule has 1 heterocycles. The summed E-state index contributed by atoms with van der Waals surface area (Å²) in [5.41, 5.74) is 3.10. The minimum absolute atomic E-state index is 0.0532. The summed E-state index contributed by atoms with van der Waals surface area (Å²) in [7, 11) is 0. The van der Waals surface area contributed by atoms with Gasteiger partial charge in [-0.25, -0.2) is 5.43 Å². The molecule has 0 aliphatic carbocycles. The van der Waals surface area contributed by atoms with E-state index in [9.17, 15) is 14.7 Å². The van der Waals surface area contributed by atoms with Crippen LogP contribution in [0.5, 0.6) is 17.2 Å². The molecule has 0 aromatic heterocycles. The Kier molecular flexibility index (Phi) is 5.33. The first-order valence-corrected chi connectivity index (χ1v) is 7.91. The summed E-state index contributed by atoms with van der Waals surface area (Å²) >= 11 is 0. The summed E-state index contributed by atoms with van der Waals surface area (Å²) in [5.74, 6) is 0.228. The van der Waals surface area contributed by atoms with Gasteiger partial charge in [0.15, 0.2) is 11.5 Å². The first-order chi connectivity index (χ1) is 12.6. The third-order valence-electron chi connectivity index (χ3n) is 3.54. The van der Waals surface area contributed by atoms with Crippen LogP contribution in [-0.4, -0.2) is 42.9 Å². The van der Waals surface area contributed by atoms with Gasteiger partial charge in [-0.1, -0.05) is 12.1 Å². The van der Waals surface area contributed by atoms with Crippen LogP contribution in [0.15, 0.2) is 47.6 Å². The van der Waals surface area contributed by atoms with E-state index in [2.05, 4.69) is 15.8 Å². The molecular formula is C18H17N3O5. The molecule has 2 amide bonds. The molecule has 2 aromatic rings. The normalized spacial score (nSPS) is 12.6.